The van der Waals surface area contributed by atoms with Crippen LogP contribution in [0, 0.1) is 0 Å². The first-order chi connectivity index (χ1) is 8.92. The molecule has 4 heteroatoms. The Morgan fingerprint density at radius 2 is 1.89 bits per heavy atom. The van der Waals surface area contributed by atoms with Gasteiger partial charge in [0.2, 0.25) is 0 Å². The van der Waals surface area contributed by atoms with Crippen LogP contribution in [0.15, 0.2) is 41.0 Å². The molecule has 3 rings (SSSR count). The molecular weight excluding hydrogens is 230 g/mol. The molecule has 94 valence electrons. The lowest BCUT2D eigenvalue weighted by Gasteiger charge is -2.18. The summed E-state index contributed by atoms with van der Waals surface area (Å²) in [5.74, 6) is 2.69. The number of hydrogen-bond acceptors (Lipinski definition) is 3. The molecule has 2 aromatic rings. The number of benzene rings is 1. The maximum Gasteiger partial charge on any atom is 0.161 e. The van der Waals surface area contributed by atoms with Crippen LogP contribution in [-0.4, -0.2) is 13.2 Å². The normalized spacial score (nSPS) is 13.6. The van der Waals surface area contributed by atoms with E-state index < -0.39 is 0 Å². The van der Waals surface area contributed by atoms with Gasteiger partial charge in [-0.1, -0.05) is 0 Å². The Balaban J connectivity index is 1.59. The highest BCUT2D eigenvalue weighted by molar-refractivity contribution is 5.43. The summed E-state index contributed by atoms with van der Waals surface area (Å²) in [6.07, 6.45) is 1.70. The van der Waals surface area contributed by atoms with Crippen molar-refractivity contribution in [3.63, 3.8) is 0 Å². The van der Waals surface area contributed by atoms with Gasteiger partial charge in [-0.3, -0.25) is 0 Å². The highest BCUT2D eigenvalue weighted by Crippen LogP contribution is 2.30. The molecule has 0 amide bonds. The molecule has 0 saturated heterocycles. The molecule has 0 radical (unpaired) electrons. The lowest BCUT2D eigenvalue weighted by molar-refractivity contribution is -0.688. The SMILES string of the molecule is c1coc(C[NH2+]Cc2ccc3c(c2)OCCO3)c1. The zero-order valence-electron chi connectivity index (χ0n) is 10.1. The number of ether oxygens (including phenoxy) is 2. The van der Waals surface area contributed by atoms with Gasteiger partial charge in [-0.25, -0.2) is 0 Å². The van der Waals surface area contributed by atoms with Crippen molar-refractivity contribution in [1.82, 2.24) is 0 Å². The second kappa shape index (κ2) is 5.14. The average Bonchev–Trinajstić information content (AvgIpc) is 2.92. The smallest absolute Gasteiger partial charge is 0.161 e. The molecule has 2 heterocycles. The first-order valence-corrected chi connectivity index (χ1v) is 6.14. The second-order valence-electron chi connectivity index (χ2n) is 4.25. The Morgan fingerprint density at radius 1 is 1.00 bits per heavy atom. The molecule has 0 saturated carbocycles. The van der Waals surface area contributed by atoms with Crippen LogP contribution in [-0.2, 0) is 13.1 Å². The van der Waals surface area contributed by atoms with E-state index in [0.29, 0.717) is 13.2 Å². The van der Waals surface area contributed by atoms with E-state index in [1.54, 1.807) is 6.26 Å². The third kappa shape index (κ3) is 2.49. The van der Waals surface area contributed by atoms with Crippen molar-refractivity contribution in [2.24, 2.45) is 0 Å². The Morgan fingerprint density at radius 3 is 2.72 bits per heavy atom. The predicted octanol–water partition coefficient (Wildman–Crippen LogP) is 1.31. The monoisotopic (exact) mass is 246 g/mol. The maximum atomic E-state index is 5.56. The molecule has 0 spiro atoms. The van der Waals surface area contributed by atoms with Crippen LogP contribution in [0.1, 0.15) is 11.3 Å². The van der Waals surface area contributed by atoms with Gasteiger partial charge in [0.15, 0.2) is 17.3 Å². The highest BCUT2D eigenvalue weighted by Gasteiger charge is 2.12. The van der Waals surface area contributed by atoms with Crippen LogP contribution < -0.4 is 14.8 Å². The topological polar surface area (TPSA) is 48.2 Å². The van der Waals surface area contributed by atoms with Crippen molar-refractivity contribution in [2.45, 2.75) is 13.1 Å². The highest BCUT2D eigenvalue weighted by atomic mass is 16.6. The number of fused-ring (bicyclic) bond motifs is 1. The third-order valence-electron chi connectivity index (χ3n) is 2.91. The van der Waals surface area contributed by atoms with Crippen LogP contribution in [0.5, 0.6) is 11.5 Å². The van der Waals surface area contributed by atoms with Gasteiger partial charge in [-0.2, -0.15) is 0 Å². The quantitative estimate of drug-likeness (QED) is 0.885. The minimum absolute atomic E-state index is 0.632. The van der Waals surface area contributed by atoms with Crippen LogP contribution in [0.25, 0.3) is 0 Å². The predicted molar refractivity (Wildman–Crippen MR) is 65.5 cm³/mol. The van der Waals surface area contributed by atoms with Crippen molar-refractivity contribution in [1.29, 1.82) is 0 Å². The summed E-state index contributed by atoms with van der Waals surface area (Å²) < 4.78 is 16.3. The molecule has 2 N–H and O–H groups in total. The van der Waals surface area contributed by atoms with Crippen molar-refractivity contribution < 1.29 is 19.2 Å². The van der Waals surface area contributed by atoms with Crippen LogP contribution in [0.4, 0.5) is 0 Å². The first kappa shape index (κ1) is 11.2. The second-order valence-corrected chi connectivity index (χ2v) is 4.25. The molecule has 0 atom stereocenters. The summed E-state index contributed by atoms with van der Waals surface area (Å²) in [5.41, 5.74) is 1.23. The van der Waals surface area contributed by atoms with E-state index >= 15 is 0 Å². The molecule has 0 fully saturated rings. The number of furan rings is 1. The molecule has 1 aromatic carbocycles. The van der Waals surface area contributed by atoms with E-state index in [2.05, 4.69) is 11.4 Å². The summed E-state index contributed by atoms with van der Waals surface area (Å²) in [5, 5.41) is 2.20. The molecule has 4 nitrogen and oxygen atoms in total. The van der Waals surface area contributed by atoms with Crippen molar-refractivity contribution in [3.05, 3.63) is 47.9 Å². The molecule has 18 heavy (non-hydrogen) atoms. The fraction of sp³-hybridized carbons (Fsp3) is 0.286. The van der Waals surface area contributed by atoms with Crippen molar-refractivity contribution >= 4 is 0 Å². The number of hydrogen-bond donors (Lipinski definition) is 1. The fourth-order valence-electron chi connectivity index (χ4n) is 2.02. The molecule has 0 aliphatic carbocycles. The van der Waals surface area contributed by atoms with Gasteiger partial charge in [0.1, 0.15) is 26.3 Å². The van der Waals surface area contributed by atoms with E-state index in [0.717, 1.165) is 30.3 Å². The summed E-state index contributed by atoms with van der Waals surface area (Å²) in [4.78, 5) is 0. The molecular formula is C14H16NO3+. The van der Waals surface area contributed by atoms with Crippen molar-refractivity contribution in [3.8, 4) is 11.5 Å². The Bertz CT molecular complexity index is 508. The fourth-order valence-corrected chi connectivity index (χ4v) is 2.02. The summed E-state index contributed by atoms with van der Waals surface area (Å²) >= 11 is 0. The standard InChI is InChI=1S/C14H15NO3/c1-2-12(16-5-1)10-15-9-11-3-4-13-14(8-11)18-7-6-17-13/h1-5,8,15H,6-7,9-10H2/p+1. The Kier molecular flexibility index (Phi) is 3.19. The number of nitrogens with two attached hydrogens (primary N) is 1. The van der Waals surface area contributed by atoms with E-state index in [9.17, 15) is 0 Å². The minimum Gasteiger partial charge on any atom is -0.486 e. The molecule has 1 aromatic heterocycles. The molecule has 1 aliphatic rings. The molecule has 0 unspecified atom stereocenters. The number of rotatable bonds is 4. The van der Waals surface area contributed by atoms with Crippen LogP contribution in [0.2, 0.25) is 0 Å². The molecule has 0 bridgehead atoms. The van der Waals surface area contributed by atoms with E-state index in [1.807, 2.05) is 24.3 Å². The summed E-state index contributed by atoms with van der Waals surface area (Å²) in [6, 6.07) is 10.00. The van der Waals surface area contributed by atoms with Crippen LogP contribution >= 0.6 is 0 Å². The largest absolute Gasteiger partial charge is 0.486 e. The molecule has 1 aliphatic heterocycles. The van der Waals surface area contributed by atoms with E-state index in [1.165, 1.54) is 5.56 Å². The Hall–Kier alpha value is -1.94. The third-order valence-corrected chi connectivity index (χ3v) is 2.91. The number of quaternary nitrogens is 1. The first-order valence-electron chi connectivity index (χ1n) is 6.14. The van der Waals surface area contributed by atoms with Crippen LogP contribution in [0.3, 0.4) is 0 Å². The maximum absolute atomic E-state index is 5.56. The van der Waals surface area contributed by atoms with E-state index in [-0.39, 0.29) is 0 Å². The zero-order chi connectivity index (χ0) is 12.2. The van der Waals surface area contributed by atoms with Gasteiger partial charge in [-0.15, -0.1) is 0 Å². The van der Waals surface area contributed by atoms with Crippen molar-refractivity contribution in [2.75, 3.05) is 13.2 Å². The van der Waals surface area contributed by atoms with Gasteiger partial charge in [0, 0.05) is 5.56 Å². The van der Waals surface area contributed by atoms with Gasteiger partial charge in [0.05, 0.1) is 6.26 Å². The lowest BCUT2D eigenvalue weighted by atomic mass is 10.2. The average molecular weight is 246 g/mol. The lowest BCUT2D eigenvalue weighted by Crippen LogP contribution is -2.80. The minimum atomic E-state index is 0.632. The van der Waals surface area contributed by atoms with Gasteiger partial charge < -0.3 is 19.2 Å². The Labute approximate surface area is 106 Å². The summed E-state index contributed by atoms with van der Waals surface area (Å²) in [6.45, 7) is 3.02. The van der Waals surface area contributed by atoms with Gasteiger partial charge >= 0.3 is 0 Å². The van der Waals surface area contributed by atoms with E-state index in [4.69, 9.17) is 13.9 Å². The zero-order valence-corrected chi connectivity index (χ0v) is 10.1. The van der Waals surface area contributed by atoms with Gasteiger partial charge in [0.25, 0.3) is 0 Å². The summed E-state index contributed by atoms with van der Waals surface area (Å²) in [7, 11) is 0. The van der Waals surface area contributed by atoms with Gasteiger partial charge in [-0.05, 0) is 30.3 Å².